The van der Waals surface area contributed by atoms with E-state index in [0.29, 0.717) is 11.1 Å². The van der Waals surface area contributed by atoms with E-state index >= 15 is 0 Å². The molecule has 1 aromatic carbocycles. The van der Waals surface area contributed by atoms with Crippen LogP contribution in [0.3, 0.4) is 0 Å². The average molecular weight is 400 g/mol. The summed E-state index contributed by atoms with van der Waals surface area (Å²) < 4.78 is 6.21. The molecule has 5 heteroatoms. The number of carbonyl (C=O) groups is 2. The molecule has 1 heterocycles. The zero-order valence-corrected chi connectivity index (χ0v) is 10.5. The van der Waals surface area contributed by atoms with Crippen molar-refractivity contribution in [3.05, 3.63) is 30.4 Å². The van der Waals surface area contributed by atoms with Crippen molar-refractivity contribution in [3.63, 3.8) is 0 Å². The van der Waals surface area contributed by atoms with Crippen molar-refractivity contribution >= 4 is 57.1 Å². The summed E-state index contributed by atoms with van der Waals surface area (Å²) in [4.78, 5) is 22.3. The second-order valence-electron chi connectivity index (χ2n) is 2.46. The molecule has 13 heavy (non-hydrogen) atoms. The van der Waals surface area contributed by atoms with Gasteiger partial charge in [-0.2, -0.15) is 0 Å². The van der Waals surface area contributed by atoms with Gasteiger partial charge in [0.05, 0.1) is 11.1 Å². The molecule has 66 valence electrons. The van der Waals surface area contributed by atoms with Crippen LogP contribution in [0, 0.1) is 7.14 Å². The van der Waals surface area contributed by atoms with Crippen molar-refractivity contribution in [3.8, 4) is 0 Å². The zero-order chi connectivity index (χ0) is 9.59. The number of benzene rings is 1. The van der Waals surface area contributed by atoms with Crippen LogP contribution in [-0.2, 0) is 4.74 Å². The fourth-order valence-electron chi connectivity index (χ4n) is 1.11. The van der Waals surface area contributed by atoms with Crippen LogP contribution in [0.15, 0.2) is 12.1 Å². The van der Waals surface area contributed by atoms with Gasteiger partial charge in [-0.05, 0) is 57.3 Å². The summed E-state index contributed by atoms with van der Waals surface area (Å²) in [6, 6.07) is 3.41. The number of carbonyl (C=O) groups excluding carboxylic acids is 2. The Balaban J connectivity index is 2.78. The number of halogens is 2. The van der Waals surface area contributed by atoms with E-state index in [-0.39, 0.29) is 0 Å². The number of cyclic esters (lactones) is 2. The van der Waals surface area contributed by atoms with E-state index in [1.807, 2.05) is 22.6 Å². The SMILES string of the molecule is O=C1OC(=O)c2c1ccc(I)c2I. The second-order valence-corrected chi connectivity index (χ2v) is 4.70. The number of esters is 2. The second kappa shape index (κ2) is 3.19. The predicted molar refractivity (Wildman–Crippen MR) is 61.6 cm³/mol. The summed E-state index contributed by atoms with van der Waals surface area (Å²) in [5.41, 5.74) is 0.771. The summed E-state index contributed by atoms with van der Waals surface area (Å²) in [6.07, 6.45) is 0. The van der Waals surface area contributed by atoms with Crippen molar-refractivity contribution in [2.75, 3.05) is 0 Å². The Bertz CT molecular complexity index is 426. The molecule has 0 N–H and O–H groups in total. The van der Waals surface area contributed by atoms with Gasteiger partial charge in [0.2, 0.25) is 0 Å². The molecule has 1 aliphatic rings. The lowest BCUT2D eigenvalue weighted by molar-refractivity contribution is 0.0443. The van der Waals surface area contributed by atoms with Crippen molar-refractivity contribution < 1.29 is 14.3 Å². The maximum absolute atomic E-state index is 11.2. The van der Waals surface area contributed by atoms with Crippen LogP contribution in [0.4, 0.5) is 0 Å². The fraction of sp³-hybridized carbons (Fsp3) is 0. The van der Waals surface area contributed by atoms with E-state index in [1.54, 1.807) is 12.1 Å². The number of rotatable bonds is 0. The van der Waals surface area contributed by atoms with Gasteiger partial charge in [-0.25, -0.2) is 9.59 Å². The smallest absolute Gasteiger partial charge is 0.348 e. The van der Waals surface area contributed by atoms with E-state index in [1.165, 1.54) is 0 Å². The van der Waals surface area contributed by atoms with E-state index in [9.17, 15) is 9.59 Å². The van der Waals surface area contributed by atoms with Crippen LogP contribution < -0.4 is 0 Å². The van der Waals surface area contributed by atoms with Gasteiger partial charge in [0, 0.05) is 7.14 Å². The first-order chi connectivity index (χ1) is 6.11. The van der Waals surface area contributed by atoms with E-state index in [0.717, 1.165) is 7.14 Å². The van der Waals surface area contributed by atoms with Gasteiger partial charge < -0.3 is 4.74 Å². The van der Waals surface area contributed by atoms with Gasteiger partial charge >= 0.3 is 11.9 Å². The third-order valence-electron chi connectivity index (χ3n) is 1.70. The Labute approximate surface area is 101 Å². The number of fused-ring (bicyclic) bond motifs is 1. The third-order valence-corrected chi connectivity index (χ3v) is 4.76. The third kappa shape index (κ3) is 1.37. The standard InChI is InChI=1S/C8H2I2O3/c9-4-2-1-3-5(6(4)10)8(12)13-7(3)11/h1-2H. The van der Waals surface area contributed by atoms with Crippen LogP contribution in [0.5, 0.6) is 0 Å². The molecule has 0 fully saturated rings. The minimum absolute atomic E-state index is 0.370. The molecule has 0 saturated carbocycles. The Morgan fingerprint density at radius 1 is 1.08 bits per heavy atom. The maximum atomic E-state index is 11.2. The maximum Gasteiger partial charge on any atom is 0.348 e. The van der Waals surface area contributed by atoms with Gasteiger partial charge in [0.1, 0.15) is 0 Å². The van der Waals surface area contributed by atoms with Crippen LogP contribution in [0.1, 0.15) is 20.7 Å². The monoisotopic (exact) mass is 400 g/mol. The van der Waals surface area contributed by atoms with Crippen LogP contribution in [0.2, 0.25) is 0 Å². The highest BCUT2D eigenvalue weighted by molar-refractivity contribution is 14.1. The van der Waals surface area contributed by atoms with E-state index in [2.05, 4.69) is 27.3 Å². The Hall–Kier alpha value is -0.180. The van der Waals surface area contributed by atoms with Crippen molar-refractivity contribution in [2.45, 2.75) is 0 Å². The molecule has 0 aliphatic carbocycles. The van der Waals surface area contributed by atoms with Gasteiger partial charge in [-0.3, -0.25) is 0 Å². The highest BCUT2D eigenvalue weighted by Crippen LogP contribution is 2.28. The molecule has 0 bridgehead atoms. The van der Waals surface area contributed by atoms with Crippen LogP contribution in [-0.4, -0.2) is 11.9 Å². The molecular formula is C8H2I2O3. The lowest BCUT2D eigenvalue weighted by Gasteiger charge is -1.98. The molecule has 0 radical (unpaired) electrons. The summed E-state index contributed by atoms with van der Waals surface area (Å²) in [5.74, 6) is -1.09. The first kappa shape index (κ1) is 9.38. The Morgan fingerprint density at radius 3 is 2.46 bits per heavy atom. The number of hydrogen-bond acceptors (Lipinski definition) is 3. The van der Waals surface area contributed by atoms with Gasteiger partial charge in [0.25, 0.3) is 0 Å². The Kier molecular flexibility index (Phi) is 2.30. The molecule has 2 rings (SSSR count). The van der Waals surface area contributed by atoms with Gasteiger partial charge in [0.15, 0.2) is 0 Å². The minimum atomic E-state index is -0.547. The molecule has 1 aliphatic heterocycles. The molecule has 0 saturated heterocycles. The lowest BCUT2D eigenvalue weighted by Crippen LogP contribution is -1.98. The highest BCUT2D eigenvalue weighted by atomic mass is 127. The largest absolute Gasteiger partial charge is 0.386 e. The predicted octanol–water partition coefficient (Wildman–Crippen LogP) is 2.21. The normalized spacial score (nSPS) is 14.3. The van der Waals surface area contributed by atoms with Crippen LogP contribution >= 0.6 is 45.2 Å². The van der Waals surface area contributed by atoms with Crippen molar-refractivity contribution in [2.24, 2.45) is 0 Å². The molecule has 0 unspecified atom stereocenters. The minimum Gasteiger partial charge on any atom is -0.386 e. The highest BCUT2D eigenvalue weighted by Gasteiger charge is 2.32. The molecular weight excluding hydrogens is 398 g/mol. The lowest BCUT2D eigenvalue weighted by atomic mass is 10.1. The average Bonchev–Trinajstić information content (AvgIpc) is 2.35. The molecule has 3 nitrogen and oxygen atoms in total. The van der Waals surface area contributed by atoms with Gasteiger partial charge in [-0.15, -0.1) is 0 Å². The number of ether oxygens (including phenoxy) is 1. The summed E-state index contributed by atoms with van der Waals surface area (Å²) >= 11 is 4.14. The van der Waals surface area contributed by atoms with Crippen molar-refractivity contribution in [1.82, 2.24) is 0 Å². The molecule has 0 atom stereocenters. The number of hydrogen-bond donors (Lipinski definition) is 0. The summed E-state index contributed by atoms with van der Waals surface area (Å²) in [7, 11) is 0. The van der Waals surface area contributed by atoms with E-state index < -0.39 is 11.9 Å². The fourth-order valence-corrected chi connectivity index (χ4v) is 2.25. The Morgan fingerprint density at radius 2 is 1.77 bits per heavy atom. The van der Waals surface area contributed by atoms with Gasteiger partial charge in [-0.1, -0.05) is 0 Å². The molecule has 0 spiro atoms. The molecule has 1 aromatic rings. The molecule has 0 amide bonds. The first-order valence-electron chi connectivity index (χ1n) is 3.36. The van der Waals surface area contributed by atoms with E-state index in [4.69, 9.17) is 0 Å². The summed E-state index contributed by atoms with van der Waals surface area (Å²) in [6.45, 7) is 0. The summed E-state index contributed by atoms with van der Waals surface area (Å²) in [5, 5.41) is 0. The van der Waals surface area contributed by atoms with Crippen LogP contribution in [0.25, 0.3) is 0 Å². The topological polar surface area (TPSA) is 43.4 Å². The van der Waals surface area contributed by atoms with Crippen molar-refractivity contribution in [1.29, 1.82) is 0 Å². The quantitative estimate of drug-likeness (QED) is 0.381. The molecule has 0 aromatic heterocycles. The zero-order valence-electron chi connectivity index (χ0n) is 6.14. The first-order valence-corrected chi connectivity index (χ1v) is 5.51.